The van der Waals surface area contributed by atoms with E-state index in [2.05, 4.69) is 10.3 Å². The highest BCUT2D eigenvalue weighted by molar-refractivity contribution is 5.90. The average Bonchev–Trinajstić information content (AvgIpc) is 2.69. The number of nitrogens with zero attached hydrogens (tertiary/aromatic N) is 2. The molecular weight excluding hydrogens is 362 g/mol. The van der Waals surface area contributed by atoms with Gasteiger partial charge < -0.3 is 10.2 Å². The summed E-state index contributed by atoms with van der Waals surface area (Å²) < 4.78 is 0. The predicted molar refractivity (Wildman–Crippen MR) is 113 cm³/mol. The summed E-state index contributed by atoms with van der Waals surface area (Å²) in [4.78, 5) is 32.7. The second kappa shape index (κ2) is 8.08. The number of likely N-dealkylation sites (N-methyl/N-ethyl adjacent to an activating group) is 1. The van der Waals surface area contributed by atoms with Gasteiger partial charge >= 0.3 is 0 Å². The number of amides is 2. The minimum absolute atomic E-state index is 0.00834. The molecule has 4 aliphatic rings. The Kier molecular flexibility index (Phi) is 5.67. The number of rotatable bonds is 7. The van der Waals surface area contributed by atoms with E-state index in [0.29, 0.717) is 6.54 Å². The molecule has 0 radical (unpaired) electrons. The smallest absolute Gasteiger partial charge is 0.245 e. The van der Waals surface area contributed by atoms with E-state index in [1.54, 1.807) is 11.1 Å². The van der Waals surface area contributed by atoms with Crippen molar-refractivity contribution in [1.82, 2.24) is 15.2 Å². The molecular formula is C24H35N3O2. The van der Waals surface area contributed by atoms with Crippen molar-refractivity contribution in [2.75, 3.05) is 13.6 Å². The van der Waals surface area contributed by atoms with Crippen molar-refractivity contribution < 1.29 is 9.59 Å². The SMILES string of the molecule is CC(C)[C@H](NC(=O)C12CC3CC(CC(C3)C1)C2)C(=O)N(C)CCc1ccccn1. The lowest BCUT2D eigenvalue weighted by atomic mass is 9.49. The van der Waals surface area contributed by atoms with Crippen LogP contribution >= 0.6 is 0 Å². The van der Waals surface area contributed by atoms with E-state index >= 15 is 0 Å². The second-order valence-corrected chi connectivity index (χ2v) is 10.2. The summed E-state index contributed by atoms with van der Waals surface area (Å²) in [7, 11) is 1.83. The lowest BCUT2D eigenvalue weighted by Crippen LogP contribution is -2.58. The molecule has 4 bridgehead atoms. The van der Waals surface area contributed by atoms with Gasteiger partial charge in [0.1, 0.15) is 6.04 Å². The highest BCUT2D eigenvalue weighted by Gasteiger charge is 2.55. The third-order valence-electron chi connectivity index (χ3n) is 7.54. The lowest BCUT2D eigenvalue weighted by molar-refractivity contribution is -0.150. The number of carbonyl (C=O) groups excluding carboxylic acids is 2. The maximum atomic E-state index is 13.4. The molecule has 1 aromatic rings. The molecule has 0 spiro atoms. The average molecular weight is 398 g/mol. The zero-order valence-electron chi connectivity index (χ0n) is 18.1. The highest BCUT2D eigenvalue weighted by Crippen LogP contribution is 2.60. The Balaban J connectivity index is 1.39. The van der Waals surface area contributed by atoms with Crippen LogP contribution in [0.5, 0.6) is 0 Å². The molecule has 1 aromatic heterocycles. The molecule has 4 saturated carbocycles. The largest absolute Gasteiger partial charge is 0.344 e. The number of aromatic nitrogens is 1. The van der Waals surface area contributed by atoms with Gasteiger partial charge in [0.25, 0.3) is 0 Å². The van der Waals surface area contributed by atoms with Gasteiger partial charge in [-0.2, -0.15) is 0 Å². The van der Waals surface area contributed by atoms with E-state index in [1.165, 1.54) is 19.3 Å². The fraction of sp³-hybridized carbons (Fsp3) is 0.708. The van der Waals surface area contributed by atoms with Gasteiger partial charge in [0.15, 0.2) is 0 Å². The third kappa shape index (κ3) is 4.19. The molecule has 4 fully saturated rings. The van der Waals surface area contributed by atoms with Crippen LogP contribution in [0, 0.1) is 29.1 Å². The van der Waals surface area contributed by atoms with Gasteiger partial charge in [-0.1, -0.05) is 19.9 Å². The number of nitrogens with one attached hydrogen (secondary N) is 1. The van der Waals surface area contributed by atoms with Crippen LogP contribution in [0.3, 0.4) is 0 Å². The molecule has 158 valence electrons. The summed E-state index contributed by atoms with van der Waals surface area (Å²) >= 11 is 0. The first-order valence-corrected chi connectivity index (χ1v) is 11.3. The molecule has 0 aromatic carbocycles. The van der Waals surface area contributed by atoms with Crippen LogP contribution in [-0.4, -0.2) is 41.3 Å². The zero-order valence-corrected chi connectivity index (χ0v) is 18.1. The molecule has 4 aliphatic carbocycles. The molecule has 0 aliphatic heterocycles. The van der Waals surface area contributed by atoms with Gasteiger partial charge in [0, 0.05) is 37.3 Å². The van der Waals surface area contributed by atoms with Gasteiger partial charge in [-0.05, 0) is 74.3 Å². The van der Waals surface area contributed by atoms with Gasteiger partial charge in [0.2, 0.25) is 11.8 Å². The summed E-state index contributed by atoms with van der Waals surface area (Å²) in [5, 5.41) is 3.21. The van der Waals surface area contributed by atoms with Gasteiger partial charge in [0.05, 0.1) is 0 Å². The zero-order chi connectivity index (χ0) is 20.6. The van der Waals surface area contributed by atoms with Crippen LogP contribution in [0.25, 0.3) is 0 Å². The predicted octanol–water partition coefficient (Wildman–Crippen LogP) is 3.44. The Morgan fingerprint density at radius 3 is 2.28 bits per heavy atom. The number of hydrogen-bond donors (Lipinski definition) is 1. The molecule has 5 nitrogen and oxygen atoms in total. The topological polar surface area (TPSA) is 62.3 Å². The molecule has 5 heteroatoms. The quantitative estimate of drug-likeness (QED) is 0.767. The fourth-order valence-electron chi connectivity index (χ4n) is 6.37. The molecule has 2 amide bonds. The first-order chi connectivity index (χ1) is 13.9. The normalized spacial score (nSPS) is 31.0. The molecule has 1 atom stereocenters. The van der Waals surface area contributed by atoms with Crippen molar-refractivity contribution in [1.29, 1.82) is 0 Å². The Morgan fingerprint density at radius 2 is 1.76 bits per heavy atom. The van der Waals surface area contributed by atoms with Crippen LogP contribution in [0.4, 0.5) is 0 Å². The number of pyridine rings is 1. The Hall–Kier alpha value is -1.91. The van der Waals surface area contributed by atoms with Crippen molar-refractivity contribution in [3.63, 3.8) is 0 Å². The first-order valence-electron chi connectivity index (χ1n) is 11.3. The summed E-state index contributed by atoms with van der Waals surface area (Å²) in [6, 6.07) is 5.39. The second-order valence-electron chi connectivity index (χ2n) is 10.2. The van der Waals surface area contributed by atoms with E-state index in [1.807, 2.05) is 39.1 Å². The summed E-state index contributed by atoms with van der Waals surface area (Å²) in [5.41, 5.74) is 0.764. The van der Waals surface area contributed by atoms with Gasteiger partial charge in [-0.3, -0.25) is 14.6 Å². The van der Waals surface area contributed by atoms with Gasteiger partial charge in [-0.15, -0.1) is 0 Å². The minimum atomic E-state index is -0.454. The van der Waals surface area contributed by atoms with Crippen molar-refractivity contribution >= 4 is 11.8 Å². The maximum Gasteiger partial charge on any atom is 0.245 e. The Labute approximate surface area is 174 Å². The number of hydrogen-bond acceptors (Lipinski definition) is 3. The minimum Gasteiger partial charge on any atom is -0.344 e. The van der Waals surface area contributed by atoms with Gasteiger partial charge in [-0.25, -0.2) is 0 Å². The van der Waals surface area contributed by atoms with Crippen molar-refractivity contribution in [2.24, 2.45) is 29.1 Å². The van der Waals surface area contributed by atoms with Crippen molar-refractivity contribution in [2.45, 2.75) is 64.8 Å². The van der Waals surface area contributed by atoms with Crippen LogP contribution < -0.4 is 5.32 Å². The summed E-state index contributed by atoms with van der Waals surface area (Å²) in [6.45, 7) is 4.65. The van der Waals surface area contributed by atoms with E-state index in [0.717, 1.165) is 49.1 Å². The van der Waals surface area contributed by atoms with E-state index in [9.17, 15) is 9.59 Å². The Morgan fingerprint density at radius 1 is 1.14 bits per heavy atom. The maximum absolute atomic E-state index is 13.4. The molecule has 0 unspecified atom stereocenters. The summed E-state index contributed by atoms with van der Waals surface area (Å²) in [6.07, 6.45) is 9.52. The van der Waals surface area contributed by atoms with E-state index in [-0.39, 0.29) is 23.1 Å². The highest BCUT2D eigenvalue weighted by atomic mass is 16.2. The molecule has 1 N–H and O–H groups in total. The first kappa shape index (κ1) is 20.4. The van der Waals surface area contributed by atoms with E-state index in [4.69, 9.17) is 0 Å². The van der Waals surface area contributed by atoms with E-state index < -0.39 is 6.04 Å². The molecule has 29 heavy (non-hydrogen) atoms. The molecule has 5 rings (SSSR count). The summed E-state index contributed by atoms with van der Waals surface area (Å²) in [5.74, 6) is 2.39. The van der Waals surface area contributed by atoms with Crippen LogP contribution in [-0.2, 0) is 16.0 Å². The molecule has 0 saturated heterocycles. The third-order valence-corrected chi connectivity index (χ3v) is 7.54. The number of carbonyl (C=O) groups is 2. The van der Waals surface area contributed by atoms with Crippen LogP contribution in [0.2, 0.25) is 0 Å². The Bertz CT molecular complexity index is 710. The fourth-order valence-corrected chi connectivity index (χ4v) is 6.37. The van der Waals surface area contributed by atoms with Crippen molar-refractivity contribution in [3.05, 3.63) is 30.1 Å². The lowest BCUT2D eigenvalue weighted by Gasteiger charge is -2.56. The van der Waals surface area contributed by atoms with Crippen molar-refractivity contribution in [3.8, 4) is 0 Å². The van der Waals surface area contributed by atoms with Crippen LogP contribution in [0.15, 0.2) is 24.4 Å². The standard InChI is InChI=1S/C24H35N3O2/c1-16(2)21(22(28)27(3)9-7-20-6-4-5-8-25-20)26-23(29)24-13-17-10-18(14-24)12-19(11-17)15-24/h4-6,8,16-19,21H,7,9-15H2,1-3H3,(H,26,29)/t17?,18?,19?,21-,24?/m0/s1. The molecule has 1 heterocycles. The monoisotopic (exact) mass is 397 g/mol. The van der Waals surface area contributed by atoms with Crippen LogP contribution in [0.1, 0.15) is 58.1 Å².